The Morgan fingerprint density at radius 2 is 1.32 bits per heavy atom. The topological polar surface area (TPSA) is 4.93 Å². The standard InChI is InChI=1S/C18H11N/c1-2-8-14(9-3-1)19-17-12-6-4-10-15(17)16-11-5-7-13-18(16)19/h1-2,4-8,10-13H. The summed E-state index contributed by atoms with van der Waals surface area (Å²) in [6.07, 6.45) is 0. The fourth-order valence-corrected chi connectivity index (χ4v) is 2.66. The van der Waals surface area contributed by atoms with Gasteiger partial charge in [0.2, 0.25) is 0 Å². The van der Waals surface area contributed by atoms with Crippen LogP contribution in [0.25, 0.3) is 27.5 Å². The van der Waals surface area contributed by atoms with Gasteiger partial charge in [0.25, 0.3) is 0 Å². The van der Waals surface area contributed by atoms with E-state index in [1.165, 1.54) is 21.8 Å². The van der Waals surface area contributed by atoms with Crippen molar-refractivity contribution in [1.29, 1.82) is 0 Å². The molecular formula is C18H11N. The van der Waals surface area contributed by atoms with Crippen molar-refractivity contribution in [2.24, 2.45) is 0 Å². The number of rotatable bonds is 1. The van der Waals surface area contributed by atoms with Crippen LogP contribution in [0.15, 0.2) is 66.7 Å². The molecule has 0 saturated heterocycles. The average molecular weight is 241 g/mol. The van der Waals surface area contributed by atoms with Crippen molar-refractivity contribution in [3.05, 3.63) is 78.9 Å². The summed E-state index contributed by atoms with van der Waals surface area (Å²) in [5, 5.41) is 2.55. The Kier molecular flexibility index (Phi) is 2.10. The third kappa shape index (κ3) is 1.44. The second kappa shape index (κ2) is 3.90. The van der Waals surface area contributed by atoms with Crippen molar-refractivity contribution in [2.75, 3.05) is 0 Å². The van der Waals surface area contributed by atoms with Crippen molar-refractivity contribution >= 4 is 21.8 Å². The molecule has 0 fully saturated rings. The quantitative estimate of drug-likeness (QED) is 0.466. The van der Waals surface area contributed by atoms with Gasteiger partial charge in [0.1, 0.15) is 0 Å². The molecule has 0 aliphatic rings. The number of benzene rings is 2. The van der Waals surface area contributed by atoms with E-state index in [0.717, 1.165) is 5.69 Å². The van der Waals surface area contributed by atoms with Crippen LogP contribution in [0.2, 0.25) is 0 Å². The van der Waals surface area contributed by atoms with Gasteiger partial charge in [-0.2, -0.15) is 0 Å². The lowest BCUT2D eigenvalue weighted by atomic mass is 10.2. The second-order valence-corrected chi connectivity index (χ2v) is 4.55. The smallest absolute Gasteiger partial charge is 0.0973 e. The maximum absolute atomic E-state index is 3.19. The normalized spacial score (nSPS) is 10.7. The van der Waals surface area contributed by atoms with Gasteiger partial charge in [-0.15, -0.1) is 0 Å². The fourth-order valence-electron chi connectivity index (χ4n) is 2.66. The van der Waals surface area contributed by atoms with Gasteiger partial charge < -0.3 is 4.57 Å². The number of para-hydroxylation sites is 2. The summed E-state index contributed by atoms with van der Waals surface area (Å²) in [4.78, 5) is 0. The predicted octanol–water partition coefficient (Wildman–Crippen LogP) is 4.38. The Morgan fingerprint density at radius 3 is 1.89 bits per heavy atom. The maximum atomic E-state index is 3.19. The molecule has 0 amide bonds. The lowest BCUT2D eigenvalue weighted by Gasteiger charge is -2.04. The van der Waals surface area contributed by atoms with Crippen molar-refractivity contribution in [2.45, 2.75) is 0 Å². The van der Waals surface area contributed by atoms with Gasteiger partial charge >= 0.3 is 0 Å². The van der Waals surface area contributed by atoms with Gasteiger partial charge in [-0.3, -0.25) is 0 Å². The van der Waals surface area contributed by atoms with Crippen LogP contribution in [0.5, 0.6) is 0 Å². The van der Waals surface area contributed by atoms with Crippen molar-refractivity contribution in [3.63, 3.8) is 0 Å². The molecule has 0 atom stereocenters. The van der Waals surface area contributed by atoms with Crippen molar-refractivity contribution in [3.8, 4) is 5.69 Å². The van der Waals surface area contributed by atoms with E-state index < -0.39 is 0 Å². The Hall–Kier alpha value is -2.72. The number of nitrogens with zero attached hydrogens (tertiary/aromatic N) is 1. The lowest BCUT2D eigenvalue weighted by Crippen LogP contribution is -1.91. The van der Waals surface area contributed by atoms with Gasteiger partial charge in [0, 0.05) is 10.8 Å². The van der Waals surface area contributed by atoms with E-state index in [9.17, 15) is 0 Å². The molecular weight excluding hydrogens is 230 g/mol. The monoisotopic (exact) mass is 241 g/mol. The molecule has 0 saturated carbocycles. The minimum atomic E-state index is 1.03. The molecule has 1 nitrogen and oxygen atoms in total. The molecule has 1 heterocycles. The van der Waals surface area contributed by atoms with Crippen LogP contribution in [0.4, 0.5) is 0 Å². The largest absolute Gasteiger partial charge is 0.302 e. The molecule has 19 heavy (non-hydrogen) atoms. The minimum absolute atomic E-state index is 1.03. The Labute approximate surface area is 111 Å². The predicted molar refractivity (Wildman–Crippen MR) is 78.5 cm³/mol. The first kappa shape index (κ1) is 10.2. The van der Waals surface area contributed by atoms with E-state index in [4.69, 9.17) is 0 Å². The zero-order valence-electron chi connectivity index (χ0n) is 10.3. The highest BCUT2D eigenvalue weighted by Gasteiger charge is 2.10. The van der Waals surface area contributed by atoms with Crippen LogP contribution in [0.3, 0.4) is 0 Å². The SMILES string of the molecule is c1cccc(-n2c3ccccc3c3ccccc32)c#1. The molecule has 1 aromatic heterocycles. The fraction of sp³-hybridized carbons (Fsp3) is 0. The molecule has 0 radical (unpaired) electrons. The average Bonchev–Trinajstić information content (AvgIpc) is 2.83. The number of fused-ring (bicyclic) bond motifs is 3. The zero-order chi connectivity index (χ0) is 12.7. The van der Waals surface area contributed by atoms with Crippen LogP contribution in [-0.2, 0) is 0 Å². The summed E-state index contributed by atoms with van der Waals surface area (Å²) in [5.41, 5.74) is 3.44. The van der Waals surface area contributed by atoms with Crippen molar-refractivity contribution < 1.29 is 0 Å². The third-order valence-corrected chi connectivity index (χ3v) is 3.45. The summed E-state index contributed by atoms with van der Waals surface area (Å²) in [5.74, 6) is 0. The minimum Gasteiger partial charge on any atom is -0.302 e. The van der Waals surface area contributed by atoms with E-state index in [1.54, 1.807) is 0 Å². The Balaban J connectivity index is 2.24. The highest BCUT2D eigenvalue weighted by Crippen LogP contribution is 2.30. The Bertz CT molecular complexity index is 803. The van der Waals surface area contributed by atoms with Crippen LogP contribution in [-0.4, -0.2) is 4.57 Å². The van der Waals surface area contributed by atoms with Gasteiger partial charge in [0.05, 0.1) is 16.7 Å². The summed E-state index contributed by atoms with van der Waals surface area (Å²) in [7, 11) is 0. The molecule has 0 unspecified atom stereocenters. The number of aromatic nitrogens is 1. The summed E-state index contributed by atoms with van der Waals surface area (Å²) in [6, 6.07) is 29.1. The first-order valence-electron chi connectivity index (χ1n) is 6.32. The van der Waals surface area contributed by atoms with Crippen LogP contribution in [0, 0.1) is 12.1 Å². The number of hydrogen-bond acceptors (Lipinski definition) is 0. The first-order chi connectivity index (χ1) is 9.45. The summed E-state index contributed by atoms with van der Waals surface area (Å²) < 4.78 is 2.24. The summed E-state index contributed by atoms with van der Waals surface area (Å²) in [6.45, 7) is 0. The molecule has 0 aliphatic carbocycles. The highest BCUT2D eigenvalue weighted by molar-refractivity contribution is 6.09. The molecule has 0 aliphatic heterocycles. The zero-order valence-corrected chi connectivity index (χ0v) is 10.3. The van der Waals surface area contributed by atoms with E-state index in [2.05, 4.69) is 71.3 Å². The lowest BCUT2D eigenvalue weighted by molar-refractivity contribution is 1.18. The number of hydrogen-bond donors (Lipinski definition) is 0. The molecule has 88 valence electrons. The third-order valence-electron chi connectivity index (χ3n) is 3.45. The Morgan fingerprint density at radius 1 is 0.684 bits per heavy atom. The molecule has 3 aromatic carbocycles. The molecule has 0 spiro atoms. The molecule has 1 heteroatoms. The van der Waals surface area contributed by atoms with E-state index in [1.807, 2.05) is 12.1 Å². The van der Waals surface area contributed by atoms with Gasteiger partial charge in [-0.05, 0) is 30.3 Å². The van der Waals surface area contributed by atoms with Crippen LogP contribution in [0.1, 0.15) is 0 Å². The molecule has 4 rings (SSSR count). The highest BCUT2D eigenvalue weighted by atomic mass is 15.0. The molecule has 0 bridgehead atoms. The molecule has 0 N–H and O–H groups in total. The maximum Gasteiger partial charge on any atom is 0.0973 e. The van der Waals surface area contributed by atoms with Gasteiger partial charge in [0.15, 0.2) is 0 Å². The van der Waals surface area contributed by atoms with Gasteiger partial charge in [-0.1, -0.05) is 48.5 Å². The van der Waals surface area contributed by atoms with E-state index in [-0.39, 0.29) is 0 Å². The van der Waals surface area contributed by atoms with E-state index in [0.29, 0.717) is 0 Å². The summed E-state index contributed by atoms with van der Waals surface area (Å²) >= 11 is 0. The molecule has 4 aromatic rings. The van der Waals surface area contributed by atoms with Crippen LogP contribution >= 0.6 is 0 Å². The second-order valence-electron chi connectivity index (χ2n) is 4.55. The van der Waals surface area contributed by atoms with Gasteiger partial charge in [-0.25, -0.2) is 0 Å². The van der Waals surface area contributed by atoms with Crippen molar-refractivity contribution in [1.82, 2.24) is 4.57 Å². The first-order valence-corrected chi connectivity index (χ1v) is 6.32. The van der Waals surface area contributed by atoms with Crippen LogP contribution < -0.4 is 0 Å². The van der Waals surface area contributed by atoms with E-state index >= 15 is 0 Å².